The van der Waals surface area contributed by atoms with E-state index in [-0.39, 0.29) is 29.6 Å². The van der Waals surface area contributed by atoms with Crippen LogP contribution >= 0.6 is 0 Å². The number of aliphatic imine (C=N–C) groups is 1. The number of amides is 2. The smallest absolute Gasteiger partial charge is 0.234 e. The van der Waals surface area contributed by atoms with Crippen LogP contribution in [0.1, 0.15) is 93.3 Å². The molecule has 4 N–H and O–H groups in total. The molecule has 4 unspecified atom stereocenters. The Morgan fingerprint density at radius 1 is 0.981 bits per heavy atom. The molecule has 3 aliphatic carbocycles. The van der Waals surface area contributed by atoms with Gasteiger partial charge in [-0.3, -0.25) is 24.8 Å². The SMILES string of the molecule is C/C(=C/C(F)C1=C/CCC2C=C([C@@H](C)C(=O)Nc3cc(C4CC4)[nH]n3)N=C2/C=C\1)C1CC1c1cc(NC(=O)[C@H](C)c2cn3cc(C)ccc3n2)n[nH]1. The van der Waals surface area contributed by atoms with Gasteiger partial charge in [-0.2, -0.15) is 10.2 Å². The third kappa shape index (κ3) is 7.06. The molecule has 4 aliphatic rings. The number of allylic oxidation sites excluding steroid dienone is 7. The molecule has 5 heterocycles. The number of aromatic amines is 2. The molecule has 4 aromatic heterocycles. The number of aromatic nitrogens is 6. The molecule has 12 heteroatoms. The Kier molecular flexibility index (Phi) is 8.84. The Hall–Kier alpha value is -5.39. The van der Waals surface area contributed by atoms with E-state index < -0.39 is 18.0 Å². The van der Waals surface area contributed by atoms with Crippen LogP contribution in [0.3, 0.4) is 0 Å². The number of imidazole rings is 1. The Bertz CT molecular complexity index is 2200. The van der Waals surface area contributed by atoms with Crippen molar-refractivity contribution in [3.63, 3.8) is 0 Å². The van der Waals surface area contributed by atoms with Crippen LogP contribution in [-0.4, -0.2) is 53.5 Å². The van der Waals surface area contributed by atoms with Crippen molar-refractivity contribution < 1.29 is 14.0 Å². The van der Waals surface area contributed by atoms with Crippen molar-refractivity contribution in [2.45, 2.75) is 83.7 Å². The highest BCUT2D eigenvalue weighted by atomic mass is 19.1. The van der Waals surface area contributed by atoms with E-state index in [1.807, 2.05) is 87.0 Å². The van der Waals surface area contributed by atoms with Crippen molar-refractivity contribution in [3.8, 4) is 0 Å². The van der Waals surface area contributed by atoms with Crippen molar-refractivity contribution in [2.75, 3.05) is 10.6 Å². The Labute approximate surface area is 301 Å². The number of anilines is 2. The van der Waals surface area contributed by atoms with Gasteiger partial charge in [-0.05, 0) is 95.1 Å². The van der Waals surface area contributed by atoms with Gasteiger partial charge in [-0.25, -0.2) is 9.37 Å². The van der Waals surface area contributed by atoms with Crippen molar-refractivity contribution >= 4 is 34.8 Å². The molecule has 0 bridgehead atoms. The zero-order valence-corrected chi connectivity index (χ0v) is 29.9. The molecule has 268 valence electrons. The summed E-state index contributed by atoms with van der Waals surface area (Å²) < 4.78 is 17.7. The topological polar surface area (TPSA) is 145 Å². The summed E-state index contributed by atoms with van der Waals surface area (Å²) in [7, 11) is 0. The predicted molar refractivity (Wildman–Crippen MR) is 199 cm³/mol. The summed E-state index contributed by atoms with van der Waals surface area (Å²) in [6.45, 7) is 7.69. The maximum atomic E-state index is 15.8. The van der Waals surface area contributed by atoms with Crippen LogP contribution in [-0.2, 0) is 9.59 Å². The maximum Gasteiger partial charge on any atom is 0.234 e. The monoisotopic (exact) mass is 701 g/mol. The van der Waals surface area contributed by atoms with E-state index in [1.165, 1.54) is 0 Å². The van der Waals surface area contributed by atoms with Gasteiger partial charge in [-0.15, -0.1) is 0 Å². The second-order valence-corrected chi connectivity index (χ2v) is 14.9. The van der Waals surface area contributed by atoms with E-state index in [9.17, 15) is 9.59 Å². The van der Waals surface area contributed by atoms with Crippen LogP contribution < -0.4 is 10.6 Å². The van der Waals surface area contributed by atoms with E-state index in [0.717, 1.165) is 65.3 Å². The Morgan fingerprint density at radius 2 is 1.71 bits per heavy atom. The van der Waals surface area contributed by atoms with Gasteiger partial charge in [0, 0.05) is 65.1 Å². The molecule has 0 spiro atoms. The highest BCUT2D eigenvalue weighted by molar-refractivity contribution is 6.02. The first-order valence-corrected chi connectivity index (χ1v) is 18.3. The lowest BCUT2D eigenvalue weighted by Crippen LogP contribution is -2.21. The average molecular weight is 702 g/mol. The fourth-order valence-electron chi connectivity index (χ4n) is 7.23. The number of hydrogen-bond acceptors (Lipinski definition) is 6. The third-order valence-electron chi connectivity index (χ3n) is 10.8. The molecule has 11 nitrogen and oxygen atoms in total. The van der Waals surface area contributed by atoms with Gasteiger partial charge >= 0.3 is 0 Å². The van der Waals surface area contributed by atoms with Crippen molar-refractivity contribution in [2.24, 2.45) is 22.7 Å². The molecular weight excluding hydrogens is 657 g/mol. The molecule has 6 atom stereocenters. The largest absolute Gasteiger partial charge is 0.309 e. The second-order valence-electron chi connectivity index (χ2n) is 14.9. The lowest BCUT2D eigenvalue weighted by Gasteiger charge is -2.13. The second kappa shape index (κ2) is 13.6. The Morgan fingerprint density at radius 3 is 2.48 bits per heavy atom. The lowest BCUT2D eigenvalue weighted by molar-refractivity contribution is -0.118. The minimum atomic E-state index is -1.25. The molecule has 2 fully saturated rings. The van der Waals surface area contributed by atoms with Crippen molar-refractivity contribution in [1.29, 1.82) is 0 Å². The number of nitrogens with zero attached hydrogens (tertiary/aromatic N) is 5. The molecule has 0 radical (unpaired) electrons. The molecule has 0 saturated heterocycles. The summed E-state index contributed by atoms with van der Waals surface area (Å²) in [4.78, 5) is 35.5. The predicted octanol–water partition coefficient (Wildman–Crippen LogP) is 7.60. The summed E-state index contributed by atoms with van der Waals surface area (Å²) in [6.07, 6.45) is 16.8. The van der Waals surface area contributed by atoms with Gasteiger partial charge in [0.25, 0.3) is 0 Å². The highest BCUT2D eigenvalue weighted by Crippen LogP contribution is 2.51. The van der Waals surface area contributed by atoms with Gasteiger partial charge in [0.15, 0.2) is 11.6 Å². The van der Waals surface area contributed by atoms with Gasteiger partial charge in [0.2, 0.25) is 11.8 Å². The first kappa shape index (κ1) is 33.7. The number of carbonyl (C=O) groups excluding carboxylic acids is 2. The number of aryl methyl sites for hydroxylation is 1. The molecule has 8 rings (SSSR count). The quantitative estimate of drug-likeness (QED) is 0.119. The van der Waals surface area contributed by atoms with E-state index >= 15 is 4.39 Å². The number of halogens is 1. The molecular formula is C40H44FN9O2. The molecule has 1 aliphatic heterocycles. The van der Waals surface area contributed by atoms with Crippen molar-refractivity contribution in [1.82, 2.24) is 29.8 Å². The van der Waals surface area contributed by atoms with E-state index in [1.54, 1.807) is 6.08 Å². The fourth-order valence-corrected chi connectivity index (χ4v) is 7.23. The van der Waals surface area contributed by atoms with Crippen LogP contribution in [0.25, 0.3) is 5.65 Å². The van der Waals surface area contributed by atoms with Crippen LogP contribution in [0.5, 0.6) is 0 Å². The maximum absolute atomic E-state index is 15.8. The minimum Gasteiger partial charge on any atom is -0.309 e. The molecule has 2 amide bonds. The van der Waals surface area contributed by atoms with Crippen LogP contribution in [0.4, 0.5) is 16.0 Å². The number of H-pyrrole nitrogens is 2. The average Bonchev–Trinajstić information content (AvgIpc) is 3.90. The number of pyridine rings is 1. The lowest BCUT2D eigenvalue weighted by atomic mass is 9.92. The molecule has 2 saturated carbocycles. The number of carbonyl (C=O) groups is 2. The van der Waals surface area contributed by atoms with E-state index in [0.29, 0.717) is 35.2 Å². The van der Waals surface area contributed by atoms with Crippen LogP contribution in [0.2, 0.25) is 0 Å². The van der Waals surface area contributed by atoms with Gasteiger partial charge in [-0.1, -0.05) is 29.9 Å². The molecule has 52 heavy (non-hydrogen) atoms. The number of rotatable bonds is 11. The minimum absolute atomic E-state index is 0.0938. The normalized spacial score (nSPS) is 24.8. The van der Waals surface area contributed by atoms with Crippen LogP contribution in [0, 0.1) is 24.7 Å². The first-order valence-electron chi connectivity index (χ1n) is 18.3. The van der Waals surface area contributed by atoms with E-state index in [2.05, 4.69) is 42.1 Å². The Balaban J connectivity index is 0.848. The zero-order valence-electron chi connectivity index (χ0n) is 29.9. The summed E-state index contributed by atoms with van der Waals surface area (Å²) in [5.41, 5.74) is 7.79. The fraction of sp³-hybridized carbons (Fsp3) is 0.400. The van der Waals surface area contributed by atoms with Gasteiger partial charge in [0.1, 0.15) is 11.8 Å². The highest BCUT2D eigenvalue weighted by Gasteiger charge is 2.41. The number of alkyl halides is 1. The summed E-state index contributed by atoms with van der Waals surface area (Å²) in [6, 6.07) is 7.72. The van der Waals surface area contributed by atoms with Crippen molar-refractivity contribution in [3.05, 3.63) is 107 Å². The molecule has 0 aromatic carbocycles. The number of fused-ring (bicyclic) bond motifs is 2. The third-order valence-corrected chi connectivity index (χ3v) is 10.8. The molecule has 4 aromatic rings. The summed E-state index contributed by atoms with van der Waals surface area (Å²) in [5, 5.41) is 20.5. The van der Waals surface area contributed by atoms with E-state index in [4.69, 9.17) is 4.99 Å². The van der Waals surface area contributed by atoms with Gasteiger partial charge in [0.05, 0.1) is 17.5 Å². The summed E-state index contributed by atoms with van der Waals surface area (Å²) >= 11 is 0. The van der Waals surface area contributed by atoms with Crippen LogP contribution in [0.15, 0.2) is 88.9 Å². The first-order chi connectivity index (χ1) is 25.1. The standard InChI is InChI=1S/C40H44FN9O2/c1-21-8-13-38-43-35(20-50(38)19-21)24(4)40(52)45-37-18-34(47-49-37)29-16-28(29)22(2)14-30(41)25-6-5-7-27-15-32(42-31(27)12-11-25)23(3)39(51)44-36-17-33(46-48-36)26-9-10-26/h6,8,11-15,17-20,23-24,26-30H,5,7,9-10,16H2,1-4H3,(H2,44,46,48,51)(H2,45,47,49,52)/b12-11-,22-14-,25-6+/t23-,24-,27?,28?,29?,30?/m1/s1. The number of hydrogen-bond donors (Lipinski definition) is 4. The summed E-state index contributed by atoms with van der Waals surface area (Å²) in [5.74, 6) is 0.794. The van der Waals surface area contributed by atoms with Gasteiger partial charge < -0.3 is 15.0 Å². The zero-order chi connectivity index (χ0) is 36.1. The number of nitrogens with one attached hydrogen (secondary N) is 4.